The van der Waals surface area contributed by atoms with Crippen LogP contribution in [0.4, 0.5) is 10.1 Å². The molecular formula is C25H15FN2O6. The fourth-order valence-corrected chi connectivity index (χ4v) is 3.95. The Morgan fingerprint density at radius 1 is 0.735 bits per heavy atom. The van der Waals surface area contributed by atoms with E-state index in [9.17, 15) is 28.4 Å². The smallest absolute Gasteiger partial charge is 0.338 e. The largest absolute Gasteiger partial charge is 0.460 e. The van der Waals surface area contributed by atoms with Crippen molar-refractivity contribution < 1.29 is 33.1 Å². The molecule has 0 atom stereocenters. The van der Waals surface area contributed by atoms with E-state index in [0.29, 0.717) is 11.1 Å². The summed E-state index contributed by atoms with van der Waals surface area (Å²) in [5.41, 5.74) is 0.958. The lowest BCUT2D eigenvalue weighted by atomic mass is 10.1. The van der Waals surface area contributed by atoms with Crippen LogP contribution in [0.2, 0.25) is 0 Å². The molecule has 9 heteroatoms. The number of nitrogens with zero attached hydrogens (tertiary/aromatic N) is 2. The van der Waals surface area contributed by atoms with Crippen LogP contribution in [0.1, 0.15) is 51.8 Å². The highest BCUT2D eigenvalue weighted by atomic mass is 19.1. The van der Waals surface area contributed by atoms with E-state index in [0.717, 1.165) is 21.9 Å². The third-order valence-electron chi connectivity index (χ3n) is 5.63. The molecule has 0 saturated carbocycles. The van der Waals surface area contributed by atoms with Gasteiger partial charge in [0.2, 0.25) is 0 Å². The summed E-state index contributed by atoms with van der Waals surface area (Å²) in [6, 6.07) is 15.3. The maximum atomic E-state index is 13.2. The van der Waals surface area contributed by atoms with Crippen LogP contribution in [0.25, 0.3) is 0 Å². The van der Waals surface area contributed by atoms with Crippen LogP contribution < -0.4 is 4.90 Å². The number of rotatable bonds is 5. The number of hydrogen-bond donors (Lipinski definition) is 0. The summed E-state index contributed by atoms with van der Waals surface area (Å²) in [4.78, 5) is 64.7. The average Bonchev–Trinajstić information content (AvgIpc) is 3.24. The molecule has 5 rings (SSSR count). The van der Waals surface area contributed by atoms with Gasteiger partial charge in [-0.25, -0.2) is 14.1 Å². The molecule has 2 aliphatic heterocycles. The molecule has 2 aliphatic rings. The highest BCUT2D eigenvalue weighted by Gasteiger charge is 2.38. The van der Waals surface area contributed by atoms with Gasteiger partial charge < -0.3 is 4.74 Å². The molecule has 0 spiro atoms. The molecule has 0 fully saturated rings. The second-order valence-electron chi connectivity index (χ2n) is 7.63. The van der Waals surface area contributed by atoms with Gasteiger partial charge in [0.25, 0.3) is 23.6 Å². The molecule has 0 aromatic heterocycles. The van der Waals surface area contributed by atoms with E-state index in [2.05, 4.69) is 0 Å². The fourth-order valence-electron chi connectivity index (χ4n) is 3.95. The molecule has 34 heavy (non-hydrogen) atoms. The number of ether oxygens (including phenoxy) is 1. The lowest BCUT2D eigenvalue weighted by Gasteiger charge is -2.14. The summed E-state index contributed by atoms with van der Waals surface area (Å²) in [7, 11) is 0. The molecule has 0 bridgehead atoms. The molecule has 0 saturated heterocycles. The quantitative estimate of drug-likeness (QED) is 0.430. The summed E-state index contributed by atoms with van der Waals surface area (Å²) in [5.74, 6) is -3.44. The van der Waals surface area contributed by atoms with E-state index in [4.69, 9.17) is 4.74 Å². The number of carbonyl (C=O) groups is 5. The number of fused-ring (bicyclic) bond motifs is 2. The van der Waals surface area contributed by atoms with Gasteiger partial charge in [-0.15, -0.1) is 0 Å². The number of amides is 4. The minimum absolute atomic E-state index is 0.0177. The number of carbonyl (C=O) groups excluding carboxylic acids is 5. The van der Waals surface area contributed by atoms with Gasteiger partial charge >= 0.3 is 5.97 Å². The molecule has 0 N–H and O–H groups in total. The third kappa shape index (κ3) is 3.34. The van der Waals surface area contributed by atoms with E-state index in [1.807, 2.05) is 0 Å². The van der Waals surface area contributed by atoms with Crippen LogP contribution in [0.15, 0.2) is 66.7 Å². The minimum Gasteiger partial charge on any atom is -0.460 e. The maximum Gasteiger partial charge on any atom is 0.338 e. The van der Waals surface area contributed by atoms with Crippen molar-refractivity contribution in [2.75, 3.05) is 18.1 Å². The Hall–Kier alpha value is -4.66. The van der Waals surface area contributed by atoms with Gasteiger partial charge in [-0.2, -0.15) is 0 Å². The standard InChI is InChI=1S/C25H15FN2O6/c26-15-6-8-16(9-7-15)28-23(31)19-10-5-14(13-20(19)24(28)32)25(33)34-12-11-27-21(29)17-3-1-2-4-18(17)22(27)30/h1-10,13H,11-12H2. The first-order valence-corrected chi connectivity index (χ1v) is 10.3. The topological polar surface area (TPSA) is 101 Å². The van der Waals surface area contributed by atoms with E-state index < -0.39 is 35.4 Å². The normalized spacial score (nSPS) is 14.5. The molecule has 0 aliphatic carbocycles. The fraction of sp³-hybridized carbons (Fsp3) is 0.0800. The van der Waals surface area contributed by atoms with Crippen LogP contribution in [0.3, 0.4) is 0 Å². The lowest BCUT2D eigenvalue weighted by Crippen LogP contribution is -2.33. The summed E-state index contributed by atoms with van der Waals surface area (Å²) >= 11 is 0. The summed E-state index contributed by atoms with van der Waals surface area (Å²) in [6.07, 6.45) is 0. The lowest BCUT2D eigenvalue weighted by molar-refractivity contribution is 0.0420. The van der Waals surface area contributed by atoms with E-state index >= 15 is 0 Å². The summed E-state index contributed by atoms with van der Waals surface area (Å²) in [5, 5.41) is 0. The Morgan fingerprint density at radius 2 is 1.32 bits per heavy atom. The van der Waals surface area contributed by atoms with Gasteiger partial charge in [-0.3, -0.25) is 24.1 Å². The Labute approximate surface area is 192 Å². The molecule has 8 nitrogen and oxygen atoms in total. The molecule has 2 heterocycles. The Balaban J connectivity index is 1.27. The molecule has 3 aromatic carbocycles. The molecule has 0 unspecified atom stereocenters. The zero-order chi connectivity index (χ0) is 24.0. The first kappa shape index (κ1) is 21.2. The first-order valence-electron chi connectivity index (χ1n) is 10.3. The minimum atomic E-state index is -0.778. The maximum absolute atomic E-state index is 13.2. The van der Waals surface area contributed by atoms with E-state index in [1.54, 1.807) is 24.3 Å². The third-order valence-corrected chi connectivity index (χ3v) is 5.63. The number of anilines is 1. The monoisotopic (exact) mass is 458 g/mol. The van der Waals surface area contributed by atoms with Crippen LogP contribution in [0.5, 0.6) is 0 Å². The van der Waals surface area contributed by atoms with E-state index in [-0.39, 0.29) is 35.5 Å². The number of imide groups is 2. The van der Waals surface area contributed by atoms with Crippen LogP contribution in [0, 0.1) is 5.82 Å². The van der Waals surface area contributed by atoms with Gasteiger partial charge in [0.1, 0.15) is 12.4 Å². The molecule has 4 amide bonds. The number of halogens is 1. The zero-order valence-corrected chi connectivity index (χ0v) is 17.5. The van der Waals surface area contributed by atoms with Gasteiger partial charge in [0.15, 0.2) is 0 Å². The first-order chi connectivity index (χ1) is 16.4. The van der Waals surface area contributed by atoms with Gasteiger partial charge in [-0.05, 0) is 54.6 Å². The number of benzene rings is 3. The van der Waals surface area contributed by atoms with Crippen molar-refractivity contribution in [2.45, 2.75) is 0 Å². The second-order valence-corrected chi connectivity index (χ2v) is 7.63. The molecule has 168 valence electrons. The highest BCUT2D eigenvalue weighted by Crippen LogP contribution is 2.29. The second kappa shape index (κ2) is 8.04. The molecule has 3 aromatic rings. The van der Waals surface area contributed by atoms with Crippen LogP contribution in [-0.4, -0.2) is 47.6 Å². The Morgan fingerprint density at radius 3 is 1.97 bits per heavy atom. The average molecular weight is 458 g/mol. The summed E-state index contributed by atoms with van der Waals surface area (Å²) < 4.78 is 18.4. The van der Waals surface area contributed by atoms with Crippen molar-refractivity contribution in [2.24, 2.45) is 0 Å². The van der Waals surface area contributed by atoms with Crippen molar-refractivity contribution in [3.05, 3.63) is 100 Å². The van der Waals surface area contributed by atoms with Gasteiger partial charge in [0, 0.05) is 0 Å². The predicted octanol–water partition coefficient (Wildman–Crippen LogP) is 3.08. The number of esters is 1. The highest BCUT2D eigenvalue weighted by molar-refractivity contribution is 6.34. The molecular weight excluding hydrogens is 443 g/mol. The SMILES string of the molecule is O=C(OCCN1C(=O)c2ccccc2C1=O)c1ccc2c(c1)C(=O)N(c1ccc(F)cc1)C2=O. The Kier molecular flexibility index (Phi) is 5.01. The van der Waals surface area contributed by atoms with E-state index in [1.165, 1.54) is 30.3 Å². The van der Waals surface area contributed by atoms with Crippen molar-refractivity contribution in [3.8, 4) is 0 Å². The van der Waals surface area contributed by atoms with Crippen molar-refractivity contribution in [1.29, 1.82) is 0 Å². The van der Waals surface area contributed by atoms with Crippen molar-refractivity contribution in [3.63, 3.8) is 0 Å². The number of hydrogen-bond acceptors (Lipinski definition) is 6. The zero-order valence-electron chi connectivity index (χ0n) is 17.5. The predicted molar refractivity (Wildman–Crippen MR) is 116 cm³/mol. The summed E-state index contributed by atoms with van der Waals surface area (Å²) in [6.45, 7) is -0.366. The van der Waals surface area contributed by atoms with Crippen molar-refractivity contribution in [1.82, 2.24) is 4.90 Å². The van der Waals surface area contributed by atoms with Crippen LogP contribution in [-0.2, 0) is 4.74 Å². The molecule has 0 radical (unpaired) electrons. The van der Waals surface area contributed by atoms with Gasteiger partial charge in [0.05, 0.1) is 40.0 Å². The van der Waals surface area contributed by atoms with Gasteiger partial charge in [-0.1, -0.05) is 12.1 Å². The van der Waals surface area contributed by atoms with Crippen molar-refractivity contribution >= 4 is 35.3 Å². The van der Waals surface area contributed by atoms with Crippen LogP contribution >= 0.6 is 0 Å². The Bertz CT molecular complexity index is 1360.